The van der Waals surface area contributed by atoms with Gasteiger partial charge in [-0.1, -0.05) is 25.5 Å². The molecule has 3 aliphatic carbocycles. The van der Waals surface area contributed by atoms with Gasteiger partial charge in [-0.05, 0) is 31.6 Å². The van der Waals surface area contributed by atoms with Crippen molar-refractivity contribution in [2.24, 2.45) is 22.7 Å². The summed E-state index contributed by atoms with van der Waals surface area (Å²) in [6, 6.07) is 0. The van der Waals surface area contributed by atoms with Crippen molar-refractivity contribution in [1.82, 2.24) is 0 Å². The summed E-state index contributed by atoms with van der Waals surface area (Å²) in [4.78, 5) is 25.0. The van der Waals surface area contributed by atoms with Crippen LogP contribution in [-0.4, -0.2) is 31.1 Å². The molecule has 1 saturated heterocycles. The largest absolute Gasteiger partial charge is 0.347 e. The highest BCUT2D eigenvalue weighted by Crippen LogP contribution is 2.62. The van der Waals surface area contributed by atoms with Gasteiger partial charge < -0.3 is 14.3 Å². The topological polar surface area (TPSA) is 52.6 Å². The molecule has 0 radical (unpaired) electrons. The summed E-state index contributed by atoms with van der Waals surface area (Å²) in [7, 11) is 0. The molecule has 2 saturated carbocycles. The number of aldehydes is 1. The van der Waals surface area contributed by atoms with Gasteiger partial charge in [-0.15, -0.1) is 0 Å². The number of fused-ring (bicyclic) bond motifs is 3. The first-order valence-corrected chi connectivity index (χ1v) is 8.96. The summed E-state index contributed by atoms with van der Waals surface area (Å²) >= 11 is 0. The first-order valence-electron chi connectivity index (χ1n) is 8.96. The van der Waals surface area contributed by atoms with Crippen molar-refractivity contribution in [3.63, 3.8) is 0 Å². The summed E-state index contributed by atoms with van der Waals surface area (Å²) < 4.78 is 12.1. The van der Waals surface area contributed by atoms with Gasteiger partial charge in [0.1, 0.15) is 12.1 Å². The van der Waals surface area contributed by atoms with E-state index in [1.807, 2.05) is 0 Å². The number of hydrogen-bond donors (Lipinski definition) is 0. The molecule has 0 bridgehead atoms. The molecule has 0 aromatic rings. The van der Waals surface area contributed by atoms with Gasteiger partial charge >= 0.3 is 0 Å². The fraction of sp³-hybridized carbons (Fsp3) is 0.789. The van der Waals surface area contributed by atoms with Crippen molar-refractivity contribution in [1.29, 1.82) is 0 Å². The van der Waals surface area contributed by atoms with Crippen LogP contribution >= 0.6 is 0 Å². The molecule has 4 aliphatic rings. The molecule has 1 aliphatic heterocycles. The highest BCUT2D eigenvalue weighted by atomic mass is 16.7. The minimum absolute atomic E-state index is 0.0278. The number of allylic oxidation sites excluding steroid dienone is 1. The van der Waals surface area contributed by atoms with Crippen LogP contribution in [0, 0.1) is 22.7 Å². The second-order valence-electron chi connectivity index (χ2n) is 8.12. The Morgan fingerprint density at radius 3 is 2.65 bits per heavy atom. The first kappa shape index (κ1) is 15.5. The van der Waals surface area contributed by atoms with Gasteiger partial charge in [0.15, 0.2) is 5.79 Å². The lowest BCUT2D eigenvalue weighted by Gasteiger charge is -2.57. The standard InChI is InChI=1S/C19H26O4/c1-17(2)14-7-6-13-4-3-5-16(21)18(13,12-20)15(14)8-9-19(17)22-10-11-23-19/h7,12-13,15H,3-6,8-11H2,1-2H3/t13-,15-,18-/m1/s1. The number of ketones is 1. The van der Waals surface area contributed by atoms with E-state index in [0.717, 1.165) is 38.4 Å². The van der Waals surface area contributed by atoms with Crippen LogP contribution in [0.1, 0.15) is 52.4 Å². The van der Waals surface area contributed by atoms with Gasteiger partial charge in [0.05, 0.1) is 18.6 Å². The highest BCUT2D eigenvalue weighted by Gasteiger charge is 2.64. The number of hydrogen-bond acceptors (Lipinski definition) is 4. The molecule has 4 heteroatoms. The van der Waals surface area contributed by atoms with Gasteiger partial charge in [0.25, 0.3) is 0 Å². The van der Waals surface area contributed by atoms with Crippen LogP contribution in [-0.2, 0) is 19.1 Å². The molecule has 4 rings (SSSR count). The number of rotatable bonds is 1. The third kappa shape index (κ3) is 1.79. The molecule has 23 heavy (non-hydrogen) atoms. The van der Waals surface area contributed by atoms with Gasteiger partial charge in [0.2, 0.25) is 0 Å². The maximum absolute atomic E-state index is 12.8. The van der Waals surface area contributed by atoms with Gasteiger partial charge in [-0.3, -0.25) is 4.79 Å². The minimum atomic E-state index is -0.792. The first-order chi connectivity index (χ1) is 11.0. The number of carbonyl (C=O) groups is 2. The van der Waals surface area contributed by atoms with E-state index in [4.69, 9.17) is 9.47 Å². The molecule has 0 N–H and O–H groups in total. The van der Waals surface area contributed by atoms with E-state index in [9.17, 15) is 9.59 Å². The van der Waals surface area contributed by atoms with E-state index in [2.05, 4.69) is 19.9 Å². The zero-order chi connectivity index (χ0) is 16.3. The molecular weight excluding hydrogens is 292 g/mol. The average molecular weight is 318 g/mol. The SMILES string of the molecule is CC1(C)C2=CC[C@H]3CCCC(=O)[C@@]3(C=O)[C@@H]2CCC12OCCO2. The van der Waals surface area contributed by atoms with E-state index >= 15 is 0 Å². The Balaban J connectivity index is 1.80. The van der Waals surface area contributed by atoms with Crippen LogP contribution in [0.3, 0.4) is 0 Å². The van der Waals surface area contributed by atoms with Gasteiger partial charge in [-0.25, -0.2) is 0 Å². The monoisotopic (exact) mass is 318 g/mol. The van der Waals surface area contributed by atoms with Crippen molar-refractivity contribution in [2.75, 3.05) is 13.2 Å². The summed E-state index contributed by atoms with van der Waals surface area (Å²) in [6.07, 6.45) is 8.15. The number of carbonyl (C=O) groups excluding carboxylic acids is 2. The van der Waals surface area contributed by atoms with Gasteiger partial charge in [0, 0.05) is 24.2 Å². The molecule has 1 heterocycles. The fourth-order valence-electron chi connectivity index (χ4n) is 5.81. The molecule has 0 aromatic carbocycles. The summed E-state index contributed by atoms with van der Waals surface area (Å²) in [5, 5.41) is 0. The summed E-state index contributed by atoms with van der Waals surface area (Å²) in [6.45, 7) is 5.56. The molecule has 0 unspecified atom stereocenters. The smallest absolute Gasteiger partial charge is 0.177 e. The van der Waals surface area contributed by atoms with Gasteiger partial charge in [-0.2, -0.15) is 0 Å². The molecule has 0 amide bonds. The van der Waals surface area contributed by atoms with E-state index in [-0.39, 0.29) is 23.0 Å². The van der Waals surface area contributed by atoms with Crippen LogP contribution in [0.15, 0.2) is 11.6 Å². The molecule has 0 aromatic heterocycles. The van der Waals surface area contributed by atoms with Crippen LogP contribution in [0.5, 0.6) is 0 Å². The molecule has 3 atom stereocenters. The Morgan fingerprint density at radius 2 is 1.96 bits per heavy atom. The Kier molecular flexibility index (Phi) is 3.37. The number of ether oxygens (including phenoxy) is 2. The third-order valence-corrected chi connectivity index (χ3v) is 7.07. The molecule has 4 nitrogen and oxygen atoms in total. The molecule has 3 fully saturated rings. The lowest BCUT2D eigenvalue weighted by Crippen LogP contribution is -2.59. The van der Waals surface area contributed by atoms with E-state index in [1.54, 1.807) is 0 Å². The van der Waals surface area contributed by atoms with Crippen molar-refractivity contribution >= 4 is 12.1 Å². The van der Waals surface area contributed by atoms with Crippen LogP contribution < -0.4 is 0 Å². The predicted molar refractivity (Wildman–Crippen MR) is 84.7 cm³/mol. The van der Waals surface area contributed by atoms with Crippen molar-refractivity contribution in [3.8, 4) is 0 Å². The van der Waals surface area contributed by atoms with E-state index < -0.39 is 11.2 Å². The van der Waals surface area contributed by atoms with Crippen molar-refractivity contribution in [3.05, 3.63) is 11.6 Å². The molecule has 1 spiro atoms. The summed E-state index contributed by atoms with van der Waals surface area (Å²) in [5.41, 5.74) is 0.120. The van der Waals surface area contributed by atoms with Crippen LogP contribution in [0.25, 0.3) is 0 Å². The predicted octanol–water partition coefficient (Wildman–Crippen LogP) is 3.05. The fourth-order valence-corrected chi connectivity index (χ4v) is 5.81. The number of Topliss-reactive ketones (excluding diaryl/α,β-unsaturated/α-hetero) is 1. The maximum Gasteiger partial charge on any atom is 0.177 e. The minimum Gasteiger partial charge on any atom is -0.347 e. The normalized spacial score (nSPS) is 41.1. The maximum atomic E-state index is 12.8. The zero-order valence-electron chi connectivity index (χ0n) is 14.1. The third-order valence-electron chi connectivity index (χ3n) is 7.07. The Hall–Kier alpha value is -1.00. The second-order valence-corrected chi connectivity index (χ2v) is 8.12. The lowest BCUT2D eigenvalue weighted by atomic mass is 9.48. The Bertz CT molecular complexity index is 570. The average Bonchev–Trinajstić information content (AvgIpc) is 3.01. The quantitative estimate of drug-likeness (QED) is 0.423. The second kappa shape index (κ2) is 5.00. The Labute approximate surface area is 137 Å². The molecule has 126 valence electrons. The van der Waals surface area contributed by atoms with E-state index in [1.165, 1.54) is 5.57 Å². The molecular formula is C19H26O4. The lowest BCUT2D eigenvalue weighted by molar-refractivity contribution is -0.238. The van der Waals surface area contributed by atoms with E-state index in [0.29, 0.717) is 19.6 Å². The van der Waals surface area contributed by atoms with Crippen LogP contribution in [0.4, 0.5) is 0 Å². The highest BCUT2D eigenvalue weighted by molar-refractivity contribution is 6.00. The zero-order valence-corrected chi connectivity index (χ0v) is 14.1. The van der Waals surface area contributed by atoms with Crippen LogP contribution in [0.2, 0.25) is 0 Å². The Morgan fingerprint density at radius 1 is 1.22 bits per heavy atom. The summed E-state index contributed by atoms with van der Waals surface area (Å²) in [5.74, 6) is -0.200. The van der Waals surface area contributed by atoms with Crippen molar-refractivity contribution < 1.29 is 19.1 Å². The van der Waals surface area contributed by atoms with Crippen molar-refractivity contribution in [2.45, 2.75) is 58.2 Å².